The number of esters is 4. The summed E-state index contributed by atoms with van der Waals surface area (Å²) in [4.78, 5) is 49.6. The van der Waals surface area contributed by atoms with Crippen LogP contribution in [0.5, 0.6) is 0 Å². The third-order valence-electron chi connectivity index (χ3n) is 8.09. The molecule has 1 aliphatic heterocycles. The molecule has 13 heteroatoms. The van der Waals surface area contributed by atoms with Crippen LogP contribution in [0.1, 0.15) is 48.5 Å². The van der Waals surface area contributed by atoms with Crippen LogP contribution in [0.3, 0.4) is 0 Å². The van der Waals surface area contributed by atoms with Crippen molar-refractivity contribution in [2.75, 3.05) is 0 Å². The number of fused-ring (bicyclic) bond motifs is 2. The van der Waals surface area contributed by atoms with E-state index in [4.69, 9.17) is 18.9 Å². The highest BCUT2D eigenvalue weighted by molar-refractivity contribution is 5.84. The molecular weight excluding hydrogens is 520 g/mol. The van der Waals surface area contributed by atoms with E-state index in [-0.39, 0.29) is 5.57 Å². The van der Waals surface area contributed by atoms with E-state index < -0.39 is 88.6 Å². The summed E-state index contributed by atoms with van der Waals surface area (Å²) in [5, 5.41) is 57.6. The van der Waals surface area contributed by atoms with Crippen LogP contribution in [0, 0.1) is 11.3 Å². The van der Waals surface area contributed by atoms with Crippen LogP contribution in [0.15, 0.2) is 23.8 Å². The topological polar surface area (TPSA) is 206 Å². The fourth-order valence-electron chi connectivity index (χ4n) is 6.11. The lowest BCUT2D eigenvalue weighted by molar-refractivity contribution is -0.263. The molecule has 0 aromatic heterocycles. The number of hydrogen-bond donors (Lipinski definition) is 5. The summed E-state index contributed by atoms with van der Waals surface area (Å²) in [5.74, 6) is -5.71. The van der Waals surface area contributed by atoms with Crippen LogP contribution in [-0.2, 0) is 38.1 Å². The van der Waals surface area contributed by atoms with Crippen molar-refractivity contribution in [1.82, 2.24) is 0 Å². The van der Waals surface area contributed by atoms with E-state index >= 15 is 0 Å². The molecule has 3 aliphatic rings. The molecule has 0 radical (unpaired) electrons. The van der Waals surface area contributed by atoms with Crippen LogP contribution in [-0.4, -0.2) is 103 Å². The lowest BCUT2D eigenvalue weighted by Crippen LogP contribution is -2.74. The van der Waals surface area contributed by atoms with E-state index in [1.165, 1.54) is 19.9 Å². The highest BCUT2D eigenvalue weighted by Gasteiger charge is 2.74. The van der Waals surface area contributed by atoms with E-state index in [0.29, 0.717) is 0 Å². The second-order valence-electron chi connectivity index (χ2n) is 11.1. The van der Waals surface area contributed by atoms with Crippen molar-refractivity contribution >= 4 is 23.9 Å². The molecule has 13 nitrogen and oxygen atoms in total. The molecule has 1 fully saturated rings. The number of aliphatic hydroxyl groups excluding tert-OH is 2. The van der Waals surface area contributed by atoms with Crippen LogP contribution in [0.4, 0.5) is 0 Å². The Labute approximate surface area is 225 Å². The van der Waals surface area contributed by atoms with Crippen molar-refractivity contribution in [3.63, 3.8) is 0 Å². The normalized spacial score (nSPS) is 45.7. The fourth-order valence-corrected chi connectivity index (χ4v) is 6.11. The first-order valence-corrected chi connectivity index (χ1v) is 12.4. The number of rotatable bonds is 3. The third kappa shape index (κ3) is 4.76. The van der Waals surface area contributed by atoms with Gasteiger partial charge in [0.05, 0.1) is 5.60 Å². The number of carbonyl (C=O) groups is 4. The smallest absolute Gasteiger partial charge is 0.341 e. The van der Waals surface area contributed by atoms with Crippen LogP contribution < -0.4 is 0 Å². The SMILES string of the molecule is CC(=O)O[C@@H]1[C@H](O)[C@@H](OC(C)=O)C(C)=C[C@@H]2OC(=O)[C@@](C)(O)[C@@]2(O)[C@@H](OC(C)=O)[C@H]2[C@](C)(O)[C@H](O)C=C[C@]12C. The molecule has 2 aliphatic carbocycles. The van der Waals surface area contributed by atoms with Gasteiger partial charge >= 0.3 is 23.9 Å². The van der Waals surface area contributed by atoms with Crippen molar-refractivity contribution in [3.8, 4) is 0 Å². The van der Waals surface area contributed by atoms with Gasteiger partial charge < -0.3 is 44.5 Å². The monoisotopic (exact) mass is 556 g/mol. The fraction of sp³-hybridized carbons (Fsp3) is 0.692. The maximum Gasteiger partial charge on any atom is 0.341 e. The molecule has 11 atom stereocenters. The summed E-state index contributed by atoms with van der Waals surface area (Å²) in [5.41, 5.74) is -9.66. The maximum atomic E-state index is 12.9. The molecule has 5 N–H and O–H groups in total. The minimum Gasteiger partial charge on any atom is -0.459 e. The first kappa shape index (κ1) is 30.7. The van der Waals surface area contributed by atoms with Crippen molar-refractivity contribution in [2.24, 2.45) is 11.3 Å². The van der Waals surface area contributed by atoms with Crippen LogP contribution in [0.25, 0.3) is 0 Å². The first-order valence-electron chi connectivity index (χ1n) is 12.4. The van der Waals surface area contributed by atoms with Crippen LogP contribution >= 0.6 is 0 Å². The number of aliphatic hydroxyl groups is 5. The quantitative estimate of drug-likeness (QED) is 0.158. The Bertz CT molecular complexity index is 1110. The average Bonchev–Trinajstić information content (AvgIpc) is 2.96. The van der Waals surface area contributed by atoms with Gasteiger partial charge in [0.2, 0.25) is 0 Å². The van der Waals surface area contributed by atoms with E-state index in [0.717, 1.165) is 46.8 Å². The van der Waals surface area contributed by atoms with Gasteiger partial charge in [-0.05, 0) is 32.4 Å². The molecule has 0 spiro atoms. The van der Waals surface area contributed by atoms with Gasteiger partial charge in [0.1, 0.15) is 24.4 Å². The van der Waals surface area contributed by atoms with Crippen molar-refractivity contribution < 1.29 is 63.7 Å². The second kappa shape index (κ2) is 9.97. The molecule has 1 heterocycles. The number of carbonyl (C=O) groups excluding carboxylic acids is 4. The molecule has 39 heavy (non-hydrogen) atoms. The van der Waals surface area contributed by atoms with Gasteiger partial charge in [0.15, 0.2) is 23.4 Å². The van der Waals surface area contributed by atoms with Gasteiger partial charge in [-0.15, -0.1) is 0 Å². The zero-order valence-corrected chi connectivity index (χ0v) is 22.8. The standard InChI is InChI=1S/C26H36O13/c1-11-10-16-26(35,25(7,34)22(32)39-16)21(38-14(4)29)19-23(5,9-8-15(30)24(19,6)33)20(37-13(3)28)17(31)18(11)36-12(2)27/h8-10,15-21,30-31,33-35H,1-7H3/t15-,16+,17-,18+,19-,20-,21+,23+,24-,25-,26+/m1/s1. The summed E-state index contributed by atoms with van der Waals surface area (Å²) in [7, 11) is 0. The lowest BCUT2D eigenvalue weighted by atomic mass is 9.53. The zero-order valence-electron chi connectivity index (χ0n) is 22.8. The van der Waals surface area contributed by atoms with Gasteiger partial charge in [0, 0.05) is 32.1 Å². The van der Waals surface area contributed by atoms with E-state index in [9.17, 15) is 44.7 Å². The van der Waals surface area contributed by atoms with E-state index in [2.05, 4.69) is 0 Å². The molecule has 218 valence electrons. The Morgan fingerprint density at radius 3 is 1.92 bits per heavy atom. The van der Waals surface area contributed by atoms with E-state index in [1.807, 2.05) is 0 Å². The molecule has 0 aromatic carbocycles. The minimum absolute atomic E-state index is 0.0268. The summed E-state index contributed by atoms with van der Waals surface area (Å²) in [6, 6.07) is 0. The lowest BCUT2D eigenvalue weighted by Gasteiger charge is -2.57. The number of ether oxygens (including phenoxy) is 4. The molecule has 0 bridgehead atoms. The van der Waals surface area contributed by atoms with Gasteiger partial charge in [-0.25, -0.2) is 4.79 Å². The van der Waals surface area contributed by atoms with Gasteiger partial charge in [-0.2, -0.15) is 0 Å². The first-order chi connectivity index (χ1) is 17.7. The molecule has 0 saturated carbocycles. The molecule has 0 aromatic rings. The van der Waals surface area contributed by atoms with Crippen LogP contribution in [0.2, 0.25) is 0 Å². The summed E-state index contributed by atoms with van der Waals surface area (Å²) >= 11 is 0. The van der Waals surface area contributed by atoms with E-state index in [1.54, 1.807) is 0 Å². The minimum atomic E-state index is -2.82. The summed E-state index contributed by atoms with van der Waals surface area (Å²) in [6.45, 7) is 7.96. The highest BCUT2D eigenvalue weighted by atomic mass is 16.6. The Hall–Kier alpha value is -2.84. The average molecular weight is 557 g/mol. The molecule has 0 unspecified atom stereocenters. The predicted octanol–water partition coefficient (Wildman–Crippen LogP) is -1.19. The molecular formula is C26H36O13. The highest BCUT2D eigenvalue weighted by Crippen LogP contribution is 2.55. The maximum absolute atomic E-state index is 12.9. The van der Waals surface area contributed by atoms with Gasteiger partial charge in [0.25, 0.3) is 0 Å². The molecule has 3 rings (SSSR count). The number of hydrogen-bond acceptors (Lipinski definition) is 13. The van der Waals surface area contributed by atoms with Crippen molar-refractivity contribution in [1.29, 1.82) is 0 Å². The predicted molar refractivity (Wildman–Crippen MR) is 129 cm³/mol. The van der Waals surface area contributed by atoms with Crippen molar-refractivity contribution in [3.05, 3.63) is 23.8 Å². The van der Waals surface area contributed by atoms with Gasteiger partial charge in [-0.3, -0.25) is 14.4 Å². The largest absolute Gasteiger partial charge is 0.459 e. The Balaban J connectivity index is 2.51. The van der Waals surface area contributed by atoms with Gasteiger partial charge in [-0.1, -0.05) is 19.1 Å². The second-order valence-corrected chi connectivity index (χ2v) is 11.1. The Morgan fingerprint density at radius 1 is 0.897 bits per heavy atom. The molecule has 0 amide bonds. The van der Waals surface area contributed by atoms with Crippen molar-refractivity contribution in [2.45, 2.75) is 102 Å². The third-order valence-corrected chi connectivity index (χ3v) is 8.09. The Morgan fingerprint density at radius 2 is 1.41 bits per heavy atom. The molecule has 1 saturated heterocycles. The Kier molecular flexibility index (Phi) is 7.85. The zero-order chi connectivity index (χ0) is 29.9. The summed E-state index contributed by atoms with van der Waals surface area (Å²) in [6.07, 6.45) is -6.89. The summed E-state index contributed by atoms with van der Waals surface area (Å²) < 4.78 is 21.7.